The van der Waals surface area contributed by atoms with Crippen molar-refractivity contribution in [2.24, 2.45) is 7.05 Å². The molecule has 0 aromatic carbocycles. The van der Waals surface area contributed by atoms with Crippen LogP contribution in [0.1, 0.15) is 26.2 Å². The third-order valence-corrected chi connectivity index (χ3v) is 5.67. The van der Waals surface area contributed by atoms with E-state index in [2.05, 4.69) is 21.5 Å². The number of halogens is 1. The molecule has 1 atom stereocenters. The summed E-state index contributed by atoms with van der Waals surface area (Å²) in [6.45, 7) is 4.31. The minimum atomic E-state index is -3.63. The molecular weight excluding hydrogens is 300 g/mol. The first-order chi connectivity index (χ1) is 9.42. The molecule has 1 saturated heterocycles. The van der Waals surface area contributed by atoms with Crippen LogP contribution in [0.5, 0.6) is 0 Å². The lowest BCUT2D eigenvalue weighted by Crippen LogP contribution is -2.42. The van der Waals surface area contributed by atoms with Crippen LogP contribution in [0, 0.1) is 0 Å². The van der Waals surface area contributed by atoms with Crippen LogP contribution in [0.15, 0.2) is 11.4 Å². The maximum atomic E-state index is 12.1. The zero-order valence-electron chi connectivity index (χ0n) is 11.8. The average Bonchev–Trinajstić information content (AvgIpc) is 2.73. The van der Waals surface area contributed by atoms with Crippen molar-refractivity contribution in [3.05, 3.63) is 11.5 Å². The van der Waals surface area contributed by atoms with Crippen LogP contribution in [0.3, 0.4) is 0 Å². The summed E-state index contributed by atoms with van der Waals surface area (Å²) < 4.78 is 28.2. The topological polar surface area (TPSA) is 67.2 Å². The molecule has 0 amide bonds. The van der Waals surface area contributed by atoms with E-state index in [-0.39, 0.29) is 10.2 Å². The second kappa shape index (κ2) is 6.43. The highest BCUT2D eigenvalue weighted by molar-refractivity contribution is 7.89. The summed E-state index contributed by atoms with van der Waals surface area (Å²) in [6.07, 6.45) is 5.01. The SMILES string of the molecule is C[C@@H]1CCCCN1CCNS(=O)(=O)c1ncn(C)c1Cl. The predicted molar refractivity (Wildman–Crippen MR) is 78.3 cm³/mol. The summed E-state index contributed by atoms with van der Waals surface area (Å²) in [4.78, 5) is 6.15. The van der Waals surface area contributed by atoms with Gasteiger partial charge in [-0.1, -0.05) is 18.0 Å². The molecule has 2 heterocycles. The van der Waals surface area contributed by atoms with Gasteiger partial charge in [0.05, 0.1) is 6.33 Å². The summed E-state index contributed by atoms with van der Waals surface area (Å²) in [5.74, 6) is 0. The van der Waals surface area contributed by atoms with E-state index in [1.807, 2.05) is 0 Å². The third-order valence-electron chi connectivity index (χ3n) is 3.72. The fraction of sp³-hybridized carbons (Fsp3) is 0.750. The van der Waals surface area contributed by atoms with E-state index < -0.39 is 10.0 Å². The number of aryl methyl sites for hydroxylation is 1. The molecule has 1 N–H and O–H groups in total. The molecule has 0 saturated carbocycles. The van der Waals surface area contributed by atoms with E-state index in [4.69, 9.17) is 11.6 Å². The first-order valence-corrected chi connectivity index (χ1v) is 8.68. The molecule has 20 heavy (non-hydrogen) atoms. The third kappa shape index (κ3) is 3.52. The average molecular weight is 321 g/mol. The Balaban J connectivity index is 1.91. The zero-order chi connectivity index (χ0) is 14.8. The molecule has 1 aromatic rings. The van der Waals surface area contributed by atoms with Gasteiger partial charge < -0.3 is 4.57 Å². The second-order valence-corrected chi connectivity index (χ2v) is 7.27. The molecular formula is C12H21ClN4O2S. The van der Waals surface area contributed by atoms with Crippen molar-refractivity contribution in [2.75, 3.05) is 19.6 Å². The van der Waals surface area contributed by atoms with Gasteiger partial charge in [0, 0.05) is 26.2 Å². The number of likely N-dealkylation sites (tertiary alicyclic amines) is 1. The molecule has 0 spiro atoms. The number of hydrogen-bond acceptors (Lipinski definition) is 4. The first-order valence-electron chi connectivity index (χ1n) is 6.82. The number of sulfonamides is 1. The smallest absolute Gasteiger partial charge is 0.261 e. The van der Waals surface area contributed by atoms with E-state index in [0.29, 0.717) is 19.1 Å². The molecule has 1 fully saturated rings. The van der Waals surface area contributed by atoms with Crippen LogP contribution in [0.2, 0.25) is 5.15 Å². The number of nitrogens with zero attached hydrogens (tertiary/aromatic N) is 3. The van der Waals surface area contributed by atoms with Crippen LogP contribution in [0.25, 0.3) is 0 Å². The quantitative estimate of drug-likeness (QED) is 0.886. The molecule has 0 radical (unpaired) electrons. The van der Waals surface area contributed by atoms with Gasteiger partial charge in [-0.25, -0.2) is 18.1 Å². The van der Waals surface area contributed by atoms with E-state index in [0.717, 1.165) is 6.54 Å². The fourth-order valence-electron chi connectivity index (χ4n) is 2.46. The summed E-state index contributed by atoms with van der Waals surface area (Å²) in [7, 11) is -1.97. The number of piperidine rings is 1. The van der Waals surface area contributed by atoms with Crippen molar-refractivity contribution < 1.29 is 8.42 Å². The molecule has 114 valence electrons. The van der Waals surface area contributed by atoms with Gasteiger partial charge in [0.1, 0.15) is 5.15 Å². The van der Waals surface area contributed by atoms with Crippen molar-refractivity contribution in [3.8, 4) is 0 Å². The van der Waals surface area contributed by atoms with Gasteiger partial charge >= 0.3 is 0 Å². The molecule has 0 unspecified atom stereocenters. The van der Waals surface area contributed by atoms with Crippen molar-refractivity contribution in [2.45, 2.75) is 37.3 Å². The molecule has 0 bridgehead atoms. The summed E-state index contributed by atoms with van der Waals surface area (Å²) in [5, 5.41) is 0.0252. The predicted octanol–water partition coefficient (Wildman–Crippen LogP) is 1.23. The standard InChI is InChI=1S/C12H21ClN4O2S/c1-10-5-3-4-7-17(10)8-6-15-20(18,19)12-11(13)16(2)9-14-12/h9-10,15H,3-8H2,1-2H3/t10-/m1/s1. The van der Waals surface area contributed by atoms with Crippen molar-refractivity contribution in [1.82, 2.24) is 19.2 Å². The van der Waals surface area contributed by atoms with Gasteiger partial charge in [-0.3, -0.25) is 4.90 Å². The van der Waals surface area contributed by atoms with Crippen LogP contribution in [-0.2, 0) is 17.1 Å². The fourth-order valence-corrected chi connectivity index (χ4v) is 3.90. The van der Waals surface area contributed by atoms with Crippen LogP contribution >= 0.6 is 11.6 Å². The van der Waals surface area contributed by atoms with Crippen molar-refractivity contribution in [1.29, 1.82) is 0 Å². The normalized spacial score (nSPS) is 21.2. The van der Waals surface area contributed by atoms with Gasteiger partial charge in [0.2, 0.25) is 5.03 Å². The second-order valence-electron chi connectivity index (χ2n) is 5.23. The number of hydrogen-bond donors (Lipinski definition) is 1. The van der Waals surface area contributed by atoms with Crippen LogP contribution < -0.4 is 4.72 Å². The lowest BCUT2D eigenvalue weighted by Gasteiger charge is -2.33. The summed E-state index contributed by atoms with van der Waals surface area (Å²) in [6, 6.07) is 0.520. The van der Waals surface area contributed by atoms with Crippen LogP contribution in [0.4, 0.5) is 0 Å². The van der Waals surface area contributed by atoms with E-state index >= 15 is 0 Å². The highest BCUT2D eigenvalue weighted by Gasteiger charge is 2.23. The Hall–Kier alpha value is -0.630. The Morgan fingerprint density at radius 3 is 2.85 bits per heavy atom. The number of aromatic nitrogens is 2. The van der Waals surface area contributed by atoms with Gasteiger partial charge in [-0.2, -0.15) is 0 Å². The Kier molecular flexibility index (Phi) is 5.06. The highest BCUT2D eigenvalue weighted by Crippen LogP contribution is 2.18. The summed E-state index contributed by atoms with van der Waals surface area (Å²) in [5.41, 5.74) is 0. The Morgan fingerprint density at radius 2 is 2.25 bits per heavy atom. The van der Waals surface area contributed by atoms with E-state index in [1.54, 1.807) is 7.05 Å². The molecule has 8 heteroatoms. The van der Waals surface area contributed by atoms with Gasteiger partial charge in [0.25, 0.3) is 10.0 Å². The maximum Gasteiger partial charge on any atom is 0.261 e. The lowest BCUT2D eigenvalue weighted by atomic mass is 10.0. The Morgan fingerprint density at radius 1 is 1.50 bits per heavy atom. The number of imidazole rings is 1. The minimum absolute atomic E-state index is 0.103. The largest absolute Gasteiger partial charge is 0.324 e. The number of rotatable bonds is 5. The van der Waals surface area contributed by atoms with Gasteiger partial charge in [0.15, 0.2) is 0 Å². The monoisotopic (exact) mass is 320 g/mol. The van der Waals surface area contributed by atoms with Gasteiger partial charge in [-0.15, -0.1) is 0 Å². The molecule has 0 aliphatic carbocycles. The molecule has 6 nitrogen and oxygen atoms in total. The van der Waals surface area contributed by atoms with E-state index in [1.165, 1.54) is 30.2 Å². The minimum Gasteiger partial charge on any atom is -0.324 e. The highest BCUT2D eigenvalue weighted by atomic mass is 35.5. The molecule has 1 aliphatic heterocycles. The van der Waals surface area contributed by atoms with E-state index in [9.17, 15) is 8.42 Å². The first kappa shape index (κ1) is 15.8. The molecule has 2 rings (SSSR count). The number of nitrogens with one attached hydrogen (secondary N) is 1. The lowest BCUT2D eigenvalue weighted by molar-refractivity contribution is 0.164. The molecule has 1 aliphatic rings. The summed E-state index contributed by atoms with van der Waals surface area (Å²) >= 11 is 5.91. The van der Waals surface area contributed by atoms with Crippen molar-refractivity contribution in [3.63, 3.8) is 0 Å². The Labute approximate surface area is 125 Å². The van der Waals surface area contributed by atoms with Crippen LogP contribution in [-0.4, -0.2) is 48.5 Å². The Bertz CT molecular complexity index is 558. The van der Waals surface area contributed by atoms with Gasteiger partial charge in [-0.05, 0) is 26.3 Å². The van der Waals surface area contributed by atoms with Crippen molar-refractivity contribution >= 4 is 21.6 Å². The maximum absolute atomic E-state index is 12.1. The molecule has 1 aromatic heterocycles. The zero-order valence-corrected chi connectivity index (χ0v) is 13.4.